The van der Waals surface area contributed by atoms with Crippen LogP contribution in [0.4, 0.5) is 13.2 Å². The standard InChI is InChI=1S/C12H6ClF3INO/c13-11-9(17)5-7(6-18-11)8-3-1-2-4-10(8)19-12(14,15)16/h1-6H. The van der Waals surface area contributed by atoms with E-state index in [0.717, 1.165) is 0 Å². The third kappa shape index (κ3) is 3.73. The number of hydrogen-bond donors (Lipinski definition) is 0. The first-order valence-electron chi connectivity index (χ1n) is 5.03. The maximum absolute atomic E-state index is 12.3. The molecule has 0 radical (unpaired) electrons. The van der Waals surface area contributed by atoms with Crippen LogP contribution >= 0.6 is 34.2 Å². The zero-order chi connectivity index (χ0) is 14.0. The maximum atomic E-state index is 12.3. The number of alkyl halides is 3. The summed E-state index contributed by atoms with van der Waals surface area (Å²) in [6, 6.07) is 7.53. The van der Waals surface area contributed by atoms with Gasteiger partial charge in [0.1, 0.15) is 10.9 Å². The molecule has 0 N–H and O–H groups in total. The molecule has 2 rings (SSSR count). The van der Waals surface area contributed by atoms with Gasteiger partial charge in [-0.2, -0.15) is 0 Å². The molecule has 0 aliphatic rings. The summed E-state index contributed by atoms with van der Waals surface area (Å²) in [5, 5.41) is 0.304. The third-order valence-corrected chi connectivity index (χ3v) is 3.66. The van der Waals surface area contributed by atoms with E-state index in [9.17, 15) is 13.2 Å². The van der Waals surface area contributed by atoms with Crippen LogP contribution in [0.25, 0.3) is 11.1 Å². The molecule has 0 unspecified atom stereocenters. The van der Waals surface area contributed by atoms with Gasteiger partial charge >= 0.3 is 6.36 Å². The van der Waals surface area contributed by atoms with Crippen LogP contribution in [0.2, 0.25) is 5.15 Å². The van der Waals surface area contributed by atoms with Crippen molar-refractivity contribution in [2.24, 2.45) is 0 Å². The fraction of sp³-hybridized carbons (Fsp3) is 0.0833. The zero-order valence-corrected chi connectivity index (χ0v) is 12.1. The highest BCUT2D eigenvalue weighted by atomic mass is 127. The Bertz CT molecular complexity index is 604. The third-order valence-electron chi connectivity index (χ3n) is 2.22. The number of halogens is 5. The van der Waals surface area contributed by atoms with Crippen molar-refractivity contribution in [2.45, 2.75) is 6.36 Å². The molecule has 0 atom stereocenters. The summed E-state index contributed by atoms with van der Waals surface area (Å²) in [7, 11) is 0. The van der Waals surface area contributed by atoms with Gasteiger partial charge in [0.15, 0.2) is 0 Å². The van der Waals surface area contributed by atoms with Crippen molar-refractivity contribution in [3.8, 4) is 16.9 Å². The molecule has 0 saturated carbocycles. The maximum Gasteiger partial charge on any atom is 0.573 e. The number of aromatic nitrogens is 1. The van der Waals surface area contributed by atoms with Crippen molar-refractivity contribution in [3.05, 3.63) is 45.3 Å². The fourth-order valence-electron chi connectivity index (χ4n) is 1.49. The van der Waals surface area contributed by atoms with Crippen molar-refractivity contribution in [1.82, 2.24) is 4.98 Å². The van der Waals surface area contributed by atoms with Gasteiger partial charge in [-0.25, -0.2) is 4.98 Å². The van der Waals surface area contributed by atoms with E-state index in [1.807, 2.05) is 22.6 Å². The summed E-state index contributed by atoms with van der Waals surface area (Å²) < 4.78 is 41.6. The van der Waals surface area contributed by atoms with Crippen molar-refractivity contribution in [1.29, 1.82) is 0 Å². The quantitative estimate of drug-likeness (QED) is 0.529. The topological polar surface area (TPSA) is 22.1 Å². The summed E-state index contributed by atoms with van der Waals surface area (Å²) in [4.78, 5) is 3.91. The Kier molecular flexibility index (Phi) is 4.19. The number of ether oxygens (including phenoxy) is 1. The molecule has 1 aromatic carbocycles. The number of nitrogens with zero attached hydrogens (tertiary/aromatic N) is 1. The molecule has 0 amide bonds. The molecule has 0 bridgehead atoms. The molecular weight excluding hydrogens is 393 g/mol. The SMILES string of the molecule is FC(F)(F)Oc1ccccc1-c1cnc(Cl)c(I)c1. The predicted molar refractivity (Wildman–Crippen MR) is 74.1 cm³/mol. The monoisotopic (exact) mass is 399 g/mol. The largest absolute Gasteiger partial charge is 0.573 e. The molecule has 1 heterocycles. The number of para-hydroxylation sites is 1. The van der Waals surface area contributed by atoms with Gasteiger partial charge in [0.05, 0.1) is 3.57 Å². The number of rotatable bonds is 2. The highest BCUT2D eigenvalue weighted by molar-refractivity contribution is 14.1. The minimum Gasteiger partial charge on any atom is -0.405 e. The Labute approximate surface area is 125 Å². The molecule has 0 aliphatic carbocycles. The van der Waals surface area contributed by atoms with Gasteiger partial charge in [0.25, 0.3) is 0 Å². The average Bonchev–Trinajstić information content (AvgIpc) is 2.31. The van der Waals surface area contributed by atoms with Crippen LogP contribution in [-0.2, 0) is 0 Å². The molecule has 0 aliphatic heterocycles. The average molecular weight is 400 g/mol. The first-order chi connectivity index (χ1) is 8.87. The van der Waals surface area contributed by atoms with E-state index in [1.54, 1.807) is 12.1 Å². The van der Waals surface area contributed by atoms with E-state index >= 15 is 0 Å². The van der Waals surface area contributed by atoms with Crippen molar-refractivity contribution in [3.63, 3.8) is 0 Å². The highest BCUT2D eigenvalue weighted by Gasteiger charge is 2.32. The van der Waals surface area contributed by atoms with E-state index in [0.29, 0.717) is 19.9 Å². The second kappa shape index (κ2) is 5.54. The summed E-state index contributed by atoms with van der Waals surface area (Å²) in [6.45, 7) is 0. The molecular formula is C12H6ClF3INO. The summed E-state index contributed by atoms with van der Waals surface area (Å²) in [5.74, 6) is -0.269. The van der Waals surface area contributed by atoms with Gasteiger partial charge in [-0.3, -0.25) is 0 Å². The number of pyridine rings is 1. The molecule has 0 spiro atoms. The first-order valence-corrected chi connectivity index (χ1v) is 6.49. The van der Waals surface area contributed by atoms with Gasteiger partial charge in [0.2, 0.25) is 0 Å². The lowest BCUT2D eigenvalue weighted by Gasteiger charge is -2.13. The van der Waals surface area contributed by atoms with Crippen molar-refractivity contribution in [2.75, 3.05) is 0 Å². The van der Waals surface area contributed by atoms with Gasteiger partial charge in [-0.05, 0) is 34.7 Å². The molecule has 7 heteroatoms. The number of hydrogen-bond acceptors (Lipinski definition) is 2. The van der Waals surface area contributed by atoms with Crippen LogP contribution in [0.3, 0.4) is 0 Å². The van der Waals surface area contributed by atoms with Crippen molar-refractivity contribution < 1.29 is 17.9 Å². The van der Waals surface area contributed by atoms with Crippen LogP contribution in [0.1, 0.15) is 0 Å². The van der Waals surface area contributed by atoms with Gasteiger partial charge < -0.3 is 4.74 Å². The zero-order valence-electron chi connectivity index (χ0n) is 9.21. The van der Waals surface area contributed by atoms with Crippen LogP contribution < -0.4 is 4.74 Å². The van der Waals surface area contributed by atoms with E-state index < -0.39 is 6.36 Å². The predicted octanol–water partition coefficient (Wildman–Crippen LogP) is 4.91. The molecule has 0 fully saturated rings. The summed E-state index contributed by atoms with van der Waals surface area (Å²) in [6.07, 6.45) is -3.33. The Hall–Kier alpha value is -1.02. The number of benzene rings is 1. The molecule has 2 nitrogen and oxygen atoms in total. The summed E-state index contributed by atoms with van der Waals surface area (Å²) >= 11 is 7.74. The van der Waals surface area contributed by atoms with Crippen LogP contribution in [0.15, 0.2) is 36.5 Å². The van der Waals surface area contributed by atoms with E-state index in [-0.39, 0.29) is 5.75 Å². The first kappa shape index (κ1) is 14.4. The van der Waals surface area contributed by atoms with Crippen LogP contribution in [0, 0.1) is 3.57 Å². The Morgan fingerprint density at radius 3 is 2.53 bits per heavy atom. The van der Waals surface area contributed by atoms with E-state index in [2.05, 4.69) is 9.72 Å². The second-order valence-corrected chi connectivity index (χ2v) is 5.06. The van der Waals surface area contributed by atoms with Gasteiger partial charge in [-0.15, -0.1) is 13.2 Å². The van der Waals surface area contributed by atoms with E-state index in [1.165, 1.54) is 24.4 Å². The Morgan fingerprint density at radius 1 is 1.21 bits per heavy atom. The summed E-state index contributed by atoms with van der Waals surface area (Å²) in [5.41, 5.74) is 0.815. The molecule has 0 saturated heterocycles. The molecule has 1 aromatic heterocycles. The van der Waals surface area contributed by atoms with Crippen LogP contribution in [-0.4, -0.2) is 11.3 Å². The molecule has 2 aromatic rings. The Morgan fingerprint density at radius 2 is 1.89 bits per heavy atom. The lowest BCUT2D eigenvalue weighted by molar-refractivity contribution is -0.274. The van der Waals surface area contributed by atoms with Gasteiger partial charge in [0, 0.05) is 17.3 Å². The fourth-order valence-corrected chi connectivity index (χ4v) is 2.07. The molecule has 100 valence electrons. The minimum atomic E-state index is -4.73. The van der Waals surface area contributed by atoms with Gasteiger partial charge in [-0.1, -0.05) is 29.8 Å². The normalized spacial score (nSPS) is 11.4. The second-order valence-electron chi connectivity index (χ2n) is 3.54. The highest BCUT2D eigenvalue weighted by Crippen LogP contribution is 2.34. The Balaban J connectivity index is 2.47. The smallest absolute Gasteiger partial charge is 0.405 e. The minimum absolute atomic E-state index is 0.269. The van der Waals surface area contributed by atoms with Crippen LogP contribution in [0.5, 0.6) is 5.75 Å². The molecule has 19 heavy (non-hydrogen) atoms. The lowest BCUT2D eigenvalue weighted by Crippen LogP contribution is -2.17. The van der Waals surface area contributed by atoms with E-state index in [4.69, 9.17) is 11.6 Å². The lowest BCUT2D eigenvalue weighted by atomic mass is 10.1. The van der Waals surface area contributed by atoms with Crippen molar-refractivity contribution >= 4 is 34.2 Å².